The Labute approximate surface area is 201 Å². The predicted molar refractivity (Wildman–Crippen MR) is 126 cm³/mol. The fourth-order valence-electron chi connectivity index (χ4n) is 5.04. The molecule has 10 heteroatoms. The fourth-order valence-corrected chi connectivity index (χ4v) is 5.04. The van der Waals surface area contributed by atoms with Crippen molar-refractivity contribution in [3.8, 4) is 11.5 Å². The zero-order chi connectivity index (χ0) is 24.1. The van der Waals surface area contributed by atoms with Gasteiger partial charge in [0.25, 0.3) is 5.91 Å². The number of aryl methyl sites for hydroxylation is 2. The Morgan fingerprint density at radius 3 is 2.80 bits per heavy atom. The summed E-state index contributed by atoms with van der Waals surface area (Å²) >= 11 is 0. The van der Waals surface area contributed by atoms with Crippen LogP contribution in [0.5, 0.6) is 0 Å². The van der Waals surface area contributed by atoms with Gasteiger partial charge in [0.1, 0.15) is 12.2 Å². The minimum absolute atomic E-state index is 0.0276. The summed E-state index contributed by atoms with van der Waals surface area (Å²) in [7, 11) is 1.89. The van der Waals surface area contributed by atoms with Gasteiger partial charge < -0.3 is 14.3 Å². The first-order valence-corrected chi connectivity index (χ1v) is 11.8. The molecule has 10 nitrogen and oxygen atoms in total. The quantitative estimate of drug-likeness (QED) is 0.450. The predicted octanol–water partition coefficient (Wildman–Crippen LogP) is 2.69. The second-order valence-corrected chi connectivity index (χ2v) is 9.23. The highest BCUT2D eigenvalue weighted by atomic mass is 16.5. The normalized spacial score (nSPS) is 16.3. The minimum Gasteiger partial charge on any atom is -0.341 e. The van der Waals surface area contributed by atoms with Gasteiger partial charge in [-0.2, -0.15) is 10.1 Å². The molecule has 4 aromatic rings. The zero-order valence-corrected chi connectivity index (χ0v) is 19.6. The summed E-state index contributed by atoms with van der Waals surface area (Å²) in [5, 5.41) is 9.59. The summed E-state index contributed by atoms with van der Waals surface area (Å²) in [5.74, 6) is 1.01. The van der Waals surface area contributed by atoms with Gasteiger partial charge in [-0.1, -0.05) is 23.4 Å². The van der Waals surface area contributed by atoms with Gasteiger partial charge in [-0.05, 0) is 37.5 Å². The number of hydrogen-bond donors (Lipinski definition) is 0. The van der Waals surface area contributed by atoms with Crippen molar-refractivity contribution in [2.45, 2.75) is 32.2 Å². The van der Waals surface area contributed by atoms with Gasteiger partial charge in [0, 0.05) is 43.5 Å². The first-order chi connectivity index (χ1) is 17.0. The molecular weight excluding hydrogens is 446 g/mol. The lowest BCUT2D eigenvalue weighted by atomic mass is 9.96. The molecule has 0 N–H and O–H groups in total. The highest BCUT2D eigenvalue weighted by Gasteiger charge is 2.32. The highest BCUT2D eigenvalue weighted by molar-refractivity contribution is 6.00. The molecule has 0 spiro atoms. The van der Waals surface area contributed by atoms with Crippen molar-refractivity contribution in [2.75, 3.05) is 19.6 Å². The Morgan fingerprint density at radius 1 is 1.20 bits per heavy atom. The lowest BCUT2D eigenvalue weighted by Gasteiger charge is -2.31. The average molecular weight is 472 g/mol. The van der Waals surface area contributed by atoms with Crippen LogP contribution in [0.25, 0.3) is 22.4 Å². The number of nitrogens with zero attached hydrogens (tertiary/aromatic N) is 7. The second kappa shape index (κ2) is 8.30. The van der Waals surface area contributed by atoms with E-state index in [1.165, 1.54) is 0 Å². The number of pyridine rings is 1. The molecule has 3 aromatic heterocycles. The number of aromatic nitrogens is 5. The SMILES string of the molecule is Cc1nn(C)c2cnc(-c3noc(C4CCN(C(=O)CN5Cc6ccccc6C5=O)CC4)n3)cc12. The maximum Gasteiger partial charge on any atom is 0.254 e. The number of carbonyl (C=O) groups is 2. The van der Waals surface area contributed by atoms with Crippen molar-refractivity contribution >= 4 is 22.7 Å². The van der Waals surface area contributed by atoms with E-state index in [2.05, 4.69) is 20.2 Å². The number of fused-ring (bicyclic) bond motifs is 2. The maximum atomic E-state index is 12.9. The zero-order valence-electron chi connectivity index (χ0n) is 19.6. The van der Waals surface area contributed by atoms with Crippen molar-refractivity contribution in [2.24, 2.45) is 7.05 Å². The van der Waals surface area contributed by atoms with E-state index in [0.717, 1.165) is 35.0 Å². The third-order valence-corrected chi connectivity index (χ3v) is 7.01. The van der Waals surface area contributed by atoms with Crippen LogP contribution in [0.3, 0.4) is 0 Å². The number of rotatable bonds is 4. The van der Waals surface area contributed by atoms with E-state index >= 15 is 0 Å². The van der Waals surface area contributed by atoms with E-state index in [1.807, 2.05) is 49.2 Å². The summed E-state index contributed by atoms with van der Waals surface area (Å²) in [5.41, 5.74) is 4.19. The Morgan fingerprint density at radius 2 is 2.00 bits per heavy atom. The third kappa shape index (κ3) is 3.74. The Kier molecular flexibility index (Phi) is 5.09. The fraction of sp³-hybridized carbons (Fsp3) is 0.360. The molecule has 0 atom stereocenters. The molecule has 0 radical (unpaired) electrons. The Bertz CT molecular complexity index is 1450. The molecule has 2 aliphatic heterocycles. The lowest BCUT2D eigenvalue weighted by Crippen LogP contribution is -2.44. The van der Waals surface area contributed by atoms with Crippen LogP contribution in [0.1, 0.15) is 46.3 Å². The number of carbonyl (C=O) groups excluding carboxylic acids is 2. The summed E-state index contributed by atoms with van der Waals surface area (Å²) in [6.07, 6.45) is 3.24. The highest BCUT2D eigenvalue weighted by Crippen LogP contribution is 2.30. The first kappa shape index (κ1) is 21.5. The first-order valence-electron chi connectivity index (χ1n) is 11.8. The molecule has 6 rings (SSSR count). The molecule has 0 bridgehead atoms. The van der Waals surface area contributed by atoms with Crippen LogP contribution in [0.15, 0.2) is 41.1 Å². The molecule has 1 saturated heterocycles. The summed E-state index contributed by atoms with van der Waals surface area (Å²) in [6, 6.07) is 9.46. The van der Waals surface area contributed by atoms with Crippen LogP contribution in [0, 0.1) is 6.92 Å². The second-order valence-electron chi connectivity index (χ2n) is 9.23. The van der Waals surface area contributed by atoms with E-state index in [9.17, 15) is 9.59 Å². The minimum atomic E-state index is -0.0736. The lowest BCUT2D eigenvalue weighted by molar-refractivity contribution is -0.133. The largest absolute Gasteiger partial charge is 0.341 e. The standard InChI is InChI=1S/C25H25N7O3/c1-15-19-11-20(26-12-21(19)30(2)28-15)23-27-24(35-29-23)16-7-9-31(10-8-16)22(33)14-32-13-17-5-3-4-6-18(17)25(32)34/h3-6,11-12,16H,7-10,13-14H2,1-2H3. The van der Waals surface area contributed by atoms with Crippen molar-refractivity contribution in [3.05, 3.63) is 59.2 Å². The Hall–Kier alpha value is -4.08. The number of amides is 2. The van der Waals surface area contributed by atoms with Crippen LogP contribution >= 0.6 is 0 Å². The van der Waals surface area contributed by atoms with Crippen LogP contribution in [0.2, 0.25) is 0 Å². The van der Waals surface area contributed by atoms with Crippen molar-refractivity contribution < 1.29 is 14.1 Å². The van der Waals surface area contributed by atoms with Gasteiger partial charge in [-0.15, -0.1) is 0 Å². The average Bonchev–Trinajstić information content (AvgIpc) is 3.56. The third-order valence-electron chi connectivity index (χ3n) is 7.01. The molecule has 178 valence electrons. The topological polar surface area (TPSA) is 110 Å². The molecule has 35 heavy (non-hydrogen) atoms. The number of benzene rings is 1. The van der Waals surface area contributed by atoms with Crippen LogP contribution < -0.4 is 0 Å². The van der Waals surface area contributed by atoms with E-state index in [-0.39, 0.29) is 24.3 Å². The van der Waals surface area contributed by atoms with Crippen LogP contribution in [-0.4, -0.2) is 66.2 Å². The van der Waals surface area contributed by atoms with Crippen molar-refractivity contribution in [3.63, 3.8) is 0 Å². The number of piperidine rings is 1. The monoisotopic (exact) mass is 471 g/mol. The van der Waals surface area contributed by atoms with E-state index < -0.39 is 0 Å². The molecule has 1 aromatic carbocycles. The molecular formula is C25H25N7O3. The maximum absolute atomic E-state index is 12.9. The number of likely N-dealkylation sites (tertiary alicyclic amines) is 1. The number of hydrogen-bond acceptors (Lipinski definition) is 7. The molecule has 1 fully saturated rings. The van der Waals surface area contributed by atoms with Crippen molar-refractivity contribution in [1.29, 1.82) is 0 Å². The van der Waals surface area contributed by atoms with Gasteiger partial charge in [0.2, 0.25) is 17.6 Å². The molecule has 0 saturated carbocycles. The van der Waals surface area contributed by atoms with Gasteiger partial charge in [-0.3, -0.25) is 19.3 Å². The van der Waals surface area contributed by atoms with E-state index in [1.54, 1.807) is 15.8 Å². The smallest absolute Gasteiger partial charge is 0.254 e. The van der Waals surface area contributed by atoms with Gasteiger partial charge >= 0.3 is 0 Å². The molecule has 5 heterocycles. The van der Waals surface area contributed by atoms with Gasteiger partial charge in [-0.25, -0.2) is 0 Å². The summed E-state index contributed by atoms with van der Waals surface area (Å²) < 4.78 is 7.38. The van der Waals surface area contributed by atoms with E-state index in [4.69, 9.17) is 4.52 Å². The van der Waals surface area contributed by atoms with Crippen molar-refractivity contribution in [1.82, 2.24) is 34.7 Å². The van der Waals surface area contributed by atoms with Crippen LogP contribution in [0.4, 0.5) is 0 Å². The van der Waals surface area contributed by atoms with E-state index in [0.29, 0.717) is 42.6 Å². The molecule has 2 aliphatic rings. The van der Waals surface area contributed by atoms with Crippen LogP contribution in [-0.2, 0) is 18.4 Å². The van der Waals surface area contributed by atoms with Gasteiger partial charge in [0.15, 0.2) is 0 Å². The summed E-state index contributed by atoms with van der Waals surface area (Å²) in [4.78, 5) is 38.0. The molecule has 0 unspecified atom stereocenters. The van der Waals surface area contributed by atoms with Gasteiger partial charge in [0.05, 0.1) is 17.4 Å². The Balaban J connectivity index is 1.08. The summed E-state index contributed by atoms with van der Waals surface area (Å²) in [6.45, 7) is 3.73. The molecule has 2 amide bonds. The molecule has 0 aliphatic carbocycles.